The van der Waals surface area contributed by atoms with Crippen molar-refractivity contribution in [1.29, 1.82) is 5.26 Å². The lowest BCUT2D eigenvalue weighted by Crippen LogP contribution is -2.26. The fraction of sp³-hybridized carbons (Fsp3) is 0.529. The van der Waals surface area contributed by atoms with Gasteiger partial charge in [-0.05, 0) is 36.5 Å². The number of benzene rings is 1. The standard InChI is InChI=1S/C17H22N2O/c1-13-5-7-14(8-6-13)9-10-19-17(20)16-4-2-3-15(11-16)12-18/h2-4,11,13-14H,5-10H2,1H3,(H,19,20). The van der Waals surface area contributed by atoms with E-state index in [0.717, 1.165) is 24.8 Å². The minimum Gasteiger partial charge on any atom is -0.352 e. The van der Waals surface area contributed by atoms with E-state index in [1.165, 1.54) is 25.7 Å². The molecule has 0 saturated heterocycles. The molecule has 0 aliphatic heterocycles. The molecule has 1 aliphatic rings. The lowest BCUT2D eigenvalue weighted by Gasteiger charge is -2.26. The molecule has 2 rings (SSSR count). The van der Waals surface area contributed by atoms with Crippen LogP contribution in [0.1, 0.15) is 54.9 Å². The first-order valence-corrected chi connectivity index (χ1v) is 7.47. The van der Waals surface area contributed by atoms with Crippen LogP contribution in [0.4, 0.5) is 0 Å². The van der Waals surface area contributed by atoms with E-state index in [1.807, 2.05) is 0 Å². The van der Waals surface area contributed by atoms with Gasteiger partial charge in [0, 0.05) is 12.1 Å². The number of nitriles is 1. The molecule has 3 nitrogen and oxygen atoms in total. The number of hydrogen-bond donors (Lipinski definition) is 1. The average Bonchev–Trinajstić information content (AvgIpc) is 2.49. The number of carbonyl (C=O) groups is 1. The van der Waals surface area contributed by atoms with E-state index < -0.39 is 0 Å². The second-order valence-corrected chi connectivity index (χ2v) is 5.86. The summed E-state index contributed by atoms with van der Waals surface area (Å²) >= 11 is 0. The molecule has 1 fully saturated rings. The van der Waals surface area contributed by atoms with Crippen molar-refractivity contribution in [3.05, 3.63) is 35.4 Å². The molecule has 3 heteroatoms. The van der Waals surface area contributed by atoms with E-state index >= 15 is 0 Å². The molecule has 0 atom stereocenters. The maximum absolute atomic E-state index is 12.0. The Kier molecular flexibility index (Phi) is 5.17. The van der Waals surface area contributed by atoms with Crippen LogP contribution < -0.4 is 5.32 Å². The Morgan fingerprint density at radius 1 is 1.35 bits per heavy atom. The van der Waals surface area contributed by atoms with E-state index in [0.29, 0.717) is 11.1 Å². The zero-order valence-corrected chi connectivity index (χ0v) is 12.1. The van der Waals surface area contributed by atoms with Gasteiger partial charge < -0.3 is 5.32 Å². The first kappa shape index (κ1) is 14.6. The van der Waals surface area contributed by atoms with Gasteiger partial charge in [0.1, 0.15) is 0 Å². The quantitative estimate of drug-likeness (QED) is 0.910. The highest BCUT2D eigenvalue weighted by molar-refractivity contribution is 5.94. The number of nitrogens with one attached hydrogen (secondary N) is 1. The van der Waals surface area contributed by atoms with Gasteiger partial charge >= 0.3 is 0 Å². The van der Waals surface area contributed by atoms with Crippen LogP contribution in [0.15, 0.2) is 24.3 Å². The van der Waals surface area contributed by atoms with Gasteiger partial charge in [-0.3, -0.25) is 4.79 Å². The van der Waals surface area contributed by atoms with Crippen molar-refractivity contribution < 1.29 is 4.79 Å². The monoisotopic (exact) mass is 270 g/mol. The Morgan fingerprint density at radius 3 is 2.80 bits per heavy atom. The Hall–Kier alpha value is -1.82. The van der Waals surface area contributed by atoms with Crippen LogP contribution >= 0.6 is 0 Å². The first-order chi connectivity index (χ1) is 9.69. The Morgan fingerprint density at radius 2 is 2.10 bits per heavy atom. The molecule has 0 bridgehead atoms. The number of hydrogen-bond acceptors (Lipinski definition) is 2. The minimum atomic E-state index is -0.0775. The molecule has 0 heterocycles. The highest BCUT2D eigenvalue weighted by Gasteiger charge is 2.18. The molecule has 1 aliphatic carbocycles. The molecule has 1 amide bonds. The summed E-state index contributed by atoms with van der Waals surface area (Å²) in [5.41, 5.74) is 1.10. The molecule has 1 aromatic carbocycles. The molecule has 1 saturated carbocycles. The van der Waals surface area contributed by atoms with E-state index in [-0.39, 0.29) is 5.91 Å². The van der Waals surface area contributed by atoms with Crippen molar-refractivity contribution >= 4 is 5.91 Å². The summed E-state index contributed by atoms with van der Waals surface area (Å²) in [5.74, 6) is 1.55. The fourth-order valence-electron chi connectivity index (χ4n) is 2.84. The SMILES string of the molecule is CC1CCC(CCNC(=O)c2cccc(C#N)c2)CC1. The third kappa shape index (κ3) is 4.09. The van der Waals surface area contributed by atoms with Gasteiger partial charge in [0.15, 0.2) is 0 Å². The first-order valence-electron chi connectivity index (χ1n) is 7.47. The van der Waals surface area contributed by atoms with Crippen LogP contribution in [0.5, 0.6) is 0 Å². The van der Waals surface area contributed by atoms with Gasteiger partial charge in [-0.1, -0.05) is 38.7 Å². The van der Waals surface area contributed by atoms with Gasteiger partial charge in [0.05, 0.1) is 11.6 Å². The van der Waals surface area contributed by atoms with Gasteiger partial charge in [0.2, 0.25) is 0 Å². The molecule has 106 valence electrons. The smallest absolute Gasteiger partial charge is 0.251 e. The van der Waals surface area contributed by atoms with Crippen LogP contribution in [0.3, 0.4) is 0 Å². The maximum atomic E-state index is 12.0. The molecular weight excluding hydrogens is 248 g/mol. The molecule has 1 N–H and O–H groups in total. The maximum Gasteiger partial charge on any atom is 0.251 e. The van der Waals surface area contributed by atoms with Gasteiger partial charge in [-0.25, -0.2) is 0 Å². The van der Waals surface area contributed by atoms with Crippen molar-refractivity contribution in [2.45, 2.75) is 39.0 Å². The second kappa shape index (κ2) is 7.09. The molecule has 0 unspecified atom stereocenters. The van der Waals surface area contributed by atoms with Crippen LogP contribution in [0.25, 0.3) is 0 Å². The number of amides is 1. The summed E-state index contributed by atoms with van der Waals surface area (Å²) < 4.78 is 0. The fourth-order valence-corrected chi connectivity index (χ4v) is 2.84. The highest BCUT2D eigenvalue weighted by atomic mass is 16.1. The Labute approximate surface area is 121 Å². The van der Waals surface area contributed by atoms with E-state index in [9.17, 15) is 4.79 Å². The Bertz CT molecular complexity index is 496. The van der Waals surface area contributed by atoms with Crippen molar-refractivity contribution in [1.82, 2.24) is 5.32 Å². The van der Waals surface area contributed by atoms with E-state index in [1.54, 1.807) is 24.3 Å². The van der Waals surface area contributed by atoms with E-state index in [4.69, 9.17) is 5.26 Å². The largest absolute Gasteiger partial charge is 0.352 e. The van der Waals surface area contributed by atoms with Crippen molar-refractivity contribution in [2.75, 3.05) is 6.54 Å². The predicted molar refractivity (Wildman–Crippen MR) is 79.2 cm³/mol. The summed E-state index contributed by atoms with van der Waals surface area (Å²) in [7, 11) is 0. The zero-order chi connectivity index (χ0) is 14.4. The third-order valence-electron chi connectivity index (χ3n) is 4.23. The third-order valence-corrected chi connectivity index (χ3v) is 4.23. The lowest BCUT2D eigenvalue weighted by molar-refractivity contribution is 0.0949. The van der Waals surface area contributed by atoms with E-state index in [2.05, 4.69) is 18.3 Å². The summed E-state index contributed by atoms with van der Waals surface area (Å²) in [4.78, 5) is 12.0. The van der Waals surface area contributed by atoms with Crippen molar-refractivity contribution in [2.24, 2.45) is 11.8 Å². The molecule has 0 spiro atoms. The van der Waals surface area contributed by atoms with Gasteiger partial charge in [0.25, 0.3) is 5.91 Å². The lowest BCUT2D eigenvalue weighted by atomic mass is 9.81. The summed E-state index contributed by atoms with van der Waals surface area (Å²) in [5, 5.41) is 11.8. The van der Waals surface area contributed by atoms with Gasteiger partial charge in [-0.15, -0.1) is 0 Å². The molecule has 0 radical (unpaired) electrons. The highest BCUT2D eigenvalue weighted by Crippen LogP contribution is 2.29. The second-order valence-electron chi connectivity index (χ2n) is 5.86. The topological polar surface area (TPSA) is 52.9 Å². The Balaban J connectivity index is 1.76. The van der Waals surface area contributed by atoms with Crippen LogP contribution in [-0.4, -0.2) is 12.5 Å². The zero-order valence-electron chi connectivity index (χ0n) is 12.1. The average molecular weight is 270 g/mol. The number of rotatable bonds is 4. The summed E-state index contributed by atoms with van der Waals surface area (Å²) in [6.45, 7) is 3.05. The predicted octanol–water partition coefficient (Wildman–Crippen LogP) is 3.50. The number of carbonyl (C=O) groups excluding carboxylic acids is 1. The van der Waals surface area contributed by atoms with Crippen LogP contribution in [0, 0.1) is 23.2 Å². The van der Waals surface area contributed by atoms with Crippen molar-refractivity contribution in [3.63, 3.8) is 0 Å². The minimum absolute atomic E-state index is 0.0775. The van der Waals surface area contributed by atoms with Crippen molar-refractivity contribution in [3.8, 4) is 6.07 Å². The van der Waals surface area contributed by atoms with Crippen LogP contribution in [-0.2, 0) is 0 Å². The normalized spacial score (nSPS) is 22.0. The molecule has 20 heavy (non-hydrogen) atoms. The van der Waals surface area contributed by atoms with Gasteiger partial charge in [-0.2, -0.15) is 5.26 Å². The summed E-state index contributed by atoms with van der Waals surface area (Å²) in [6, 6.07) is 8.89. The molecule has 1 aromatic rings. The van der Waals surface area contributed by atoms with Crippen LogP contribution in [0.2, 0.25) is 0 Å². The molecular formula is C17H22N2O. The number of nitrogens with zero attached hydrogens (tertiary/aromatic N) is 1. The summed E-state index contributed by atoms with van der Waals surface area (Å²) in [6.07, 6.45) is 6.30. The molecule has 0 aromatic heterocycles.